The number of rotatable bonds is 5. The van der Waals surface area contributed by atoms with Gasteiger partial charge in [-0.15, -0.1) is 0 Å². The Balaban J connectivity index is 2.78. The fraction of sp³-hybridized carbons (Fsp3) is 0.462. The summed E-state index contributed by atoms with van der Waals surface area (Å²) in [6.45, 7) is 2.09. The first kappa shape index (κ1) is 15.6. The number of halogens is 1. The van der Waals surface area contributed by atoms with Crippen molar-refractivity contribution < 1.29 is 14.6 Å². The molecular formula is C13H19ClN2O3. The molecule has 0 saturated heterocycles. The zero-order valence-corrected chi connectivity index (χ0v) is 12.3. The fourth-order valence-electron chi connectivity index (χ4n) is 1.66. The number of benzene rings is 1. The van der Waals surface area contributed by atoms with Crippen molar-refractivity contribution in [3.05, 3.63) is 22.7 Å². The van der Waals surface area contributed by atoms with Gasteiger partial charge in [-0.3, -0.25) is 4.79 Å². The Bertz CT molecular complexity index is 463. The summed E-state index contributed by atoms with van der Waals surface area (Å²) in [4.78, 5) is 13.2. The predicted molar refractivity (Wildman–Crippen MR) is 74.7 cm³/mol. The van der Waals surface area contributed by atoms with Gasteiger partial charge in [-0.05, 0) is 13.0 Å². The highest BCUT2D eigenvalue weighted by atomic mass is 35.5. The van der Waals surface area contributed by atoms with Crippen molar-refractivity contribution in [2.24, 2.45) is 0 Å². The van der Waals surface area contributed by atoms with Crippen molar-refractivity contribution in [1.82, 2.24) is 10.2 Å². The quantitative estimate of drug-likeness (QED) is 0.863. The van der Waals surface area contributed by atoms with Gasteiger partial charge in [0.25, 0.3) is 0 Å². The van der Waals surface area contributed by atoms with Crippen molar-refractivity contribution in [1.29, 1.82) is 0 Å². The van der Waals surface area contributed by atoms with E-state index < -0.39 is 0 Å². The first-order valence-corrected chi connectivity index (χ1v) is 6.24. The second-order valence-corrected chi connectivity index (χ2v) is 4.89. The molecule has 0 aliphatic rings. The number of likely N-dealkylation sites (N-methyl/N-ethyl adjacent to an activating group) is 1. The third-order valence-electron chi connectivity index (χ3n) is 2.75. The zero-order valence-electron chi connectivity index (χ0n) is 11.5. The number of carbonyl (C=O) groups excluding carboxylic acids is 1. The van der Waals surface area contributed by atoms with E-state index in [1.807, 2.05) is 0 Å². The Morgan fingerprint density at radius 2 is 2.16 bits per heavy atom. The molecule has 0 aliphatic carbocycles. The number of nitrogens with zero attached hydrogens (tertiary/aromatic N) is 1. The van der Waals surface area contributed by atoms with Crippen molar-refractivity contribution in [3.63, 3.8) is 0 Å². The first-order chi connectivity index (χ1) is 8.86. The van der Waals surface area contributed by atoms with Crippen LogP contribution in [0.3, 0.4) is 0 Å². The van der Waals surface area contributed by atoms with E-state index in [4.69, 9.17) is 16.3 Å². The number of hydrogen-bond donors (Lipinski definition) is 2. The SMILES string of the molecule is COc1cc(Cl)cc(CNC(C)C(=O)N(C)C)c1O. The van der Waals surface area contributed by atoms with Gasteiger partial charge < -0.3 is 20.1 Å². The number of hydrogen-bond acceptors (Lipinski definition) is 4. The van der Waals surface area contributed by atoms with Crippen molar-refractivity contribution >= 4 is 17.5 Å². The lowest BCUT2D eigenvalue weighted by Gasteiger charge is -2.18. The summed E-state index contributed by atoms with van der Waals surface area (Å²) in [6.07, 6.45) is 0. The molecule has 1 aromatic rings. The van der Waals surface area contributed by atoms with Gasteiger partial charge in [-0.1, -0.05) is 11.6 Å². The van der Waals surface area contributed by atoms with Gasteiger partial charge >= 0.3 is 0 Å². The molecule has 19 heavy (non-hydrogen) atoms. The molecule has 0 saturated carbocycles. The van der Waals surface area contributed by atoms with Crippen LogP contribution in [0.5, 0.6) is 11.5 Å². The van der Waals surface area contributed by atoms with Crippen LogP contribution in [-0.4, -0.2) is 43.2 Å². The molecule has 1 unspecified atom stereocenters. The summed E-state index contributed by atoms with van der Waals surface area (Å²) in [5.74, 6) is 0.313. The lowest BCUT2D eigenvalue weighted by atomic mass is 10.1. The van der Waals surface area contributed by atoms with Crippen LogP contribution in [0.25, 0.3) is 0 Å². The van der Waals surface area contributed by atoms with Crippen LogP contribution in [-0.2, 0) is 11.3 Å². The molecule has 1 rings (SSSR count). The molecule has 0 bridgehead atoms. The minimum atomic E-state index is -0.348. The van der Waals surface area contributed by atoms with Crippen LogP contribution in [0.2, 0.25) is 5.02 Å². The molecular weight excluding hydrogens is 268 g/mol. The number of phenols is 1. The Morgan fingerprint density at radius 3 is 2.68 bits per heavy atom. The fourth-order valence-corrected chi connectivity index (χ4v) is 1.89. The molecule has 0 aromatic heterocycles. The molecule has 1 atom stereocenters. The molecule has 0 aliphatic heterocycles. The smallest absolute Gasteiger partial charge is 0.238 e. The summed E-state index contributed by atoms with van der Waals surface area (Å²) in [5, 5.41) is 13.5. The van der Waals surface area contributed by atoms with E-state index in [2.05, 4.69) is 5.32 Å². The zero-order chi connectivity index (χ0) is 14.6. The molecule has 0 fully saturated rings. The molecule has 1 amide bonds. The number of amides is 1. The molecule has 0 heterocycles. The topological polar surface area (TPSA) is 61.8 Å². The van der Waals surface area contributed by atoms with E-state index in [1.165, 1.54) is 18.1 Å². The van der Waals surface area contributed by atoms with E-state index in [1.54, 1.807) is 27.1 Å². The third-order valence-corrected chi connectivity index (χ3v) is 2.97. The number of nitrogens with one attached hydrogen (secondary N) is 1. The van der Waals surface area contributed by atoms with Crippen LogP contribution in [0.4, 0.5) is 0 Å². The van der Waals surface area contributed by atoms with Crippen LogP contribution >= 0.6 is 11.6 Å². The maximum Gasteiger partial charge on any atom is 0.238 e. The maximum absolute atomic E-state index is 11.7. The highest BCUT2D eigenvalue weighted by Gasteiger charge is 2.16. The highest BCUT2D eigenvalue weighted by molar-refractivity contribution is 6.30. The van der Waals surface area contributed by atoms with E-state index in [9.17, 15) is 9.90 Å². The minimum Gasteiger partial charge on any atom is -0.504 e. The van der Waals surface area contributed by atoms with E-state index in [0.29, 0.717) is 22.9 Å². The second-order valence-electron chi connectivity index (χ2n) is 4.45. The summed E-state index contributed by atoms with van der Waals surface area (Å²) in [7, 11) is 4.85. The highest BCUT2D eigenvalue weighted by Crippen LogP contribution is 2.33. The van der Waals surface area contributed by atoms with E-state index in [-0.39, 0.29) is 17.7 Å². The maximum atomic E-state index is 11.7. The van der Waals surface area contributed by atoms with Crippen LogP contribution in [0, 0.1) is 0 Å². The summed E-state index contributed by atoms with van der Waals surface area (Å²) in [6, 6.07) is 2.83. The molecule has 0 radical (unpaired) electrons. The van der Waals surface area contributed by atoms with Gasteiger partial charge in [0.1, 0.15) is 0 Å². The van der Waals surface area contributed by atoms with Crippen LogP contribution < -0.4 is 10.1 Å². The normalized spacial score (nSPS) is 12.1. The molecule has 2 N–H and O–H groups in total. The summed E-state index contributed by atoms with van der Waals surface area (Å²) < 4.78 is 5.02. The lowest BCUT2D eigenvalue weighted by molar-refractivity contribution is -0.130. The first-order valence-electron chi connectivity index (χ1n) is 5.86. The molecule has 1 aromatic carbocycles. The standard InChI is InChI=1S/C13H19ClN2O3/c1-8(13(18)16(2)3)15-7-9-5-10(14)6-11(19-4)12(9)17/h5-6,8,15,17H,7H2,1-4H3. The molecule has 106 valence electrons. The number of methoxy groups -OCH3 is 1. The molecule has 5 nitrogen and oxygen atoms in total. The van der Waals surface area contributed by atoms with Gasteiger partial charge in [0.15, 0.2) is 11.5 Å². The van der Waals surface area contributed by atoms with Crippen molar-refractivity contribution in [3.8, 4) is 11.5 Å². The number of phenolic OH excluding ortho intramolecular Hbond substituents is 1. The van der Waals surface area contributed by atoms with E-state index in [0.717, 1.165) is 0 Å². The summed E-state index contributed by atoms with van der Waals surface area (Å²) in [5.41, 5.74) is 0.586. The Hall–Kier alpha value is -1.46. The van der Waals surface area contributed by atoms with Crippen LogP contribution in [0.1, 0.15) is 12.5 Å². The van der Waals surface area contributed by atoms with Crippen LogP contribution in [0.15, 0.2) is 12.1 Å². The van der Waals surface area contributed by atoms with Gasteiger partial charge in [-0.25, -0.2) is 0 Å². The predicted octanol–water partition coefficient (Wildman–Crippen LogP) is 1.62. The average molecular weight is 287 g/mol. The Kier molecular flexibility index (Phi) is 5.44. The minimum absolute atomic E-state index is 0.0314. The lowest BCUT2D eigenvalue weighted by Crippen LogP contribution is -2.41. The number of carbonyl (C=O) groups is 1. The number of ether oxygens (including phenoxy) is 1. The second kappa shape index (κ2) is 6.63. The monoisotopic (exact) mass is 286 g/mol. The van der Waals surface area contributed by atoms with Crippen molar-refractivity contribution in [2.75, 3.05) is 21.2 Å². The van der Waals surface area contributed by atoms with Gasteiger partial charge in [0.2, 0.25) is 5.91 Å². The summed E-state index contributed by atoms with van der Waals surface area (Å²) >= 11 is 5.93. The number of aromatic hydroxyl groups is 1. The Morgan fingerprint density at radius 1 is 1.53 bits per heavy atom. The van der Waals surface area contributed by atoms with Gasteiger partial charge in [0.05, 0.1) is 13.2 Å². The van der Waals surface area contributed by atoms with Gasteiger partial charge in [-0.2, -0.15) is 0 Å². The van der Waals surface area contributed by atoms with Gasteiger partial charge in [0, 0.05) is 37.3 Å². The largest absolute Gasteiger partial charge is 0.504 e. The average Bonchev–Trinajstić information content (AvgIpc) is 2.37. The molecule has 6 heteroatoms. The molecule has 0 spiro atoms. The van der Waals surface area contributed by atoms with E-state index >= 15 is 0 Å². The Labute approximate surface area is 118 Å². The van der Waals surface area contributed by atoms with Crippen molar-refractivity contribution in [2.45, 2.75) is 19.5 Å². The third kappa shape index (κ3) is 4.01.